The van der Waals surface area contributed by atoms with Gasteiger partial charge in [-0.1, -0.05) is 13.0 Å². The largest absolute Gasteiger partial charge is 0.480 e. The molecule has 3 N–H and O–H groups in total. The number of hydrogen-bond donors (Lipinski definition) is 3. The van der Waals surface area contributed by atoms with Gasteiger partial charge in [-0.05, 0) is 24.6 Å². The second-order valence-electron chi connectivity index (χ2n) is 4.27. The van der Waals surface area contributed by atoms with Crippen LogP contribution in [0.3, 0.4) is 0 Å². The predicted octanol–water partition coefficient (Wildman–Crippen LogP) is 0.866. The SMILES string of the molecule is CCCNC(=O)c1cccc(NC(=O)COCC(=O)O)c1. The average molecular weight is 294 g/mol. The first-order chi connectivity index (χ1) is 10.0. The summed E-state index contributed by atoms with van der Waals surface area (Å²) in [6.45, 7) is 1.64. The third kappa shape index (κ3) is 6.53. The average Bonchev–Trinajstić information content (AvgIpc) is 2.44. The van der Waals surface area contributed by atoms with Crippen molar-refractivity contribution in [3.05, 3.63) is 29.8 Å². The van der Waals surface area contributed by atoms with E-state index in [1.165, 1.54) is 0 Å². The van der Waals surface area contributed by atoms with Gasteiger partial charge in [-0.25, -0.2) is 4.79 Å². The quantitative estimate of drug-likeness (QED) is 0.659. The van der Waals surface area contributed by atoms with Crippen LogP contribution in [0.15, 0.2) is 24.3 Å². The van der Waals surface area contributed by atoms with Crippen LogP contribution in [0.5, 0.6) is 0 Å². The topological polar surface area (TPSA) is 105 Å². The number of carbonyl (C=O) groups is 3. The van der Waals surface area contributed by atoms with Crippen molar-refractivity contribution in [2.45, 2.75) is 13.3 Å². The van der Waals surface area contributed by atoms with Gasteiger partial charge in [-0.2, -0.15) is 0 Å². The molecule has 0 heterocycles. The van der Waals surface area contributed by atoms with Crippen molar-refractivity contribution in [1.29, 1.82) is 0 Å². The zero-order chi connectivity index (χ0) is 15.7. The first-order valence-electron chi connectivity index (χ1n) is 6.50. The van der Waals surface area contributed by atoms with Crippen molar-refractivity contribution < 1.29 is 24.2 Å². The molecule has 0 saturated carbocycles. The Balaban J connectivity index is 2.53. The smallest absolute Gasteiger partial charge is 0.329 e. The number of aliphatic carboxylic acids is 1. The summed E-state index contributed by atoms with van der Waals surface area (Å²) in [4.78, 5) is 33.5. The fourth-order valence-electron chi connectivity index (χ4n) is 1.51. The second kappa shape index (κ2) is 8.70. The number of amides is 2. The number of ether oxygens (including phenoxy) is 1. The molecule has 0 radical (unpaired) electrons. The van der Waals surface area contributed by atoms with Gasteiger partial charge in [0, 0.05) is 17.8 Å². The monoisotopic (exact) mass is 294 g/mol. The summed E-state index contributed by atoms with van der Waals surface area (Å²) in [6, 6.07) is 6.46. The lowest BCUT2D eigenvalue weighted by atomic mass is 10.2. The molecule has 1 rings (SSSR count). The van der Waals surface area contributed by atoms with E-state index in [-0.39, 0.29) is 12.5 Å². The summed E-state index contributed by atoms with van der Waals surface area (Å²) in [7, 11) is 0. The van der Waals surface area contributed by atoms with Crippen LogP contribution in [0.1, 0.15) is 23.7 Å². The number of anilines is 1. The van der Waals surface area contributed by atoms with Crippen molar-refractivity contribution in [1.82, 2.24) is 5.32 Å². The Bertz CT molecular complexity index is 516. The molecule has 7 nitrogen and oxygen atoms in total. The van der Waals surface area contributed by atoms with Crippen molar-refractivity contribution in [3.63, 3.8) is 0 Å². The van der Waals surface area contributed by atoms with Crippen LogP contribution < -0.4 is 10.6 Å². The highest BCUT2D eigenvalue weighted by Crippen LogP contribution is 2.10. The molecule has 21 heavy (non-hydrogen) atoms. The number of hydrogen-bond acceptors (Lipinski definition) is 4. The van der Waals surface area contributed by atoms with Gasteiger partial charge in [-0.3, -0.25) is 9.59 Å². The number of nitrogens with one attached hydrogen (secondary N) is 2. The van der Waals surface area contributed by atoms with Crippen LogP contribution in [-0.4, -0.2) is 42.6 Å². The molecule has 0 bridgehead atoms. The number of carbonyl (C=O) groups excluding carboxylic acids is 2. The first-order valence-corrected chi connectivity index (χ1v) is 6.50. The Hall–Kier alpha value is -2.41. The van der Waals surface area contributed by atoms with Gasteiger partial charge in [0.1, 0.15) is 13.2 Å². The molecule has 0 aliphatic carbocycles. The summed E-state index contributed by atoms with van der Waals surface area (Å²) in [5.41, 5.74) is 0.885. The number of carboxylic acid groups (broad SMARTS) is 1. The molecule has 0 aromatic heterocycles. The van der Waals surface area contributed by atoms with E-state index < -0.39 is 18.5 Å². The van der Waals surface area contributed by atoms with E-state index in [1.54, 1.807) is 24.3 Å². The van der Waals surface area contributed by atoms with Gasteiger partial charge in [0.05, 0.1) is 0 Å². The van der Waals surface area contributed by atoms with E-state index in [1.807, 2.05) is 6.92 Å². The van der Waals surface area contributed by atoms with Crippen molar-refractivity contribution in [3.8, 4) is 0 Å². The molecule has 2 amide bonds. The third-order valence-electron chi connectivity index (χ3n) is 2.40. The summed E-state index contributed by atoms with van der Waals surface area (Å²) in [5, 5.41) is 13.6. The van der Waals surface area contributed by atoms with Crippen LogP contribution >= 0.6 is 0 Å². The molecule has 0 aliphatic heterocycles. The van der Waals surface area contributed by atoms with Crippen LogP contribution in [0, 0.1) is 0 Å². The first kappa shape index (κ1) is 16.6. The van der Waals surface area contributed by atoms with E-state index in [0.717, 1.165) is 6.42 Å². The summed E-state index contributed by atoms with van der Waals surface area (Å²) < 4.78 is 4.67. The summed E-state index contributed by atoms with van der Waals surface area (Å²) >= 11 is 0. The minimum atomic E-state index is -1.14. The zero-order valence-corrected chi connectivity index (χ0v) is 11.7. The Morgan fingerprint density at radius 3 is 2.67 bits per heavy atom. The highest BCUT2D eigenvalue weighted by Gasteiger charge is 2.08. The molecule has 0 atom stereocenters. The fourth-order valence-corrected chi connectivity index (χ4v) is 1.51. The lowest BCUT2D eigenvalue weighted by molar-refractivity contribution is -0.143. The zero-order valence-electron chi connectivity index (χ0n) is 11.7. The Kier molecular flexibility index (Phi) is 6.90. The Morgan fingerprint density at radius 1 is 1.24 bits per heavy atom. The maximum atomic E-state index is 11.8. The normalized spacial score (nSPS) is 9.95. The van der Waals surface area contributed by atoms with E-state index in [0.29, 0.717) is 17.8 Å². The molecule has 0 saturated heterocycles. The molecule has 1 aromatic rings. The molecule has 7 heteroatoms. The third-order valence-corrected chi connectivity index (χ3v) is 2.40. The van der Waals surface area contributed by atoms with Gasteiger partial charge in [0.15, 0.2) is 0 Å². The molecule has 0 aliphatic rings. The molecule has 0 unspecified atom stereocenters. The molecule has 1 aromatic carbocycles. The molecular formula is C14H18N2O5. The van der Waals surface area contributed by atoms with Crippen LogP contribution in [0.25, 0.3) is 0 Å². The highest BCUT2D eigenvalue weighted by atomic mass is 16.5. The number of carboxylic acids is 1. The van der Waals surface area contributed by atoms with Crippen molar-refractivity contribution >= 4 is 23.5 Å². The molecule has 0 spiro atoms. The molecule has 114 valence electrons. The fraction of sp³-hybridized carbons (Fsp3) is 0.357. The van der Waals surface area contributed by atoms with Gasteiger partial charge < -0.3 is 20.5 Å². The van der Waals surface area contributed by atoms with Gasteiger partial charge in [0.25, 0.3) is 5.91 Å². The minimum Gasteiger partial charge on any atom is -0.480 e. The van der Waals surface area contributed by atoms with Crippen LogP contribution in [0.2, 0.25) is 0 Å². The minimum absolute atomic E-state index is 0.213. The summed E-state index contributed by atoms with van der Waals surface area (Å²) in [5.74, 6) is -1.84. The van der Waals surface area contributed by atoms with E-state index >= 15 is 0 Å². The van der Waals surface area contributed by atoms with Crippen LogP contribution in [0.4, 0.5) is 5.69 Å². The number of rotatable bonds is 8. The molecular weight excluding hydrogens is 276 g/mol. The summed E-state index contributed by atoms with van der Waals surface area (Å²) in [6.07, 6.45) is 0.836. The van der Waals surface area contributed by atoms with Crippen LogP contribution in [-0.2, 0) is 14.3 Å². The van der Waals surface area contributed by atoms with E-state index in [9.17, 15) is 14.4 Å². The van der Waals surface area contributed by atoms with Gasteiger partial charge in [-0.15, -0.1) is 0 Å². The predicted molar refractivity (Wildman–Crippen MR) is 76.2 cm³/mol. The maximum Gasteiger partial charge on any atom is 0.329 e. The van der Waals surface area contributed by atoms with Crippen molar-refractivity contribution in [2.24, 2.45) is 0 Å². The maximum absolute atomic E-state index is 11.8. The van der Waals surface area contributed by atoms with Crippen molar-refractivity contribution in [2.75, 3.05) is 25.1 Å². The van der Waals surface area contributed by atoms with Gasteiger partial charge in [0.2, 0.25) is 5.91 Å². The lowest BCUT2D eigenvalue weighted by Crippen LogP contribution is -2.24. The van der Waals surface area contributed by atoms with Gasteiger partial charge >= 0.3 is 5.97 Å². The van der Waals surface area contributed by atoms with E-state index in [4.69, 9.17) is 5.11 Å². The standard InChI is InChI=1S/C14H18N2O5/c1-2-6-15-14(20)10-4-3-5-11(7-10)16-12(17)8-21-9-13(18)19/h3-5,7H,2,6,8-9H2,1H3,(H,15,20)(H,16,17)(H,18,19). The second-order valence-corrected chi connectivity index (χ2v) is 4.27. The Labute approximate surface area is 122 Å². The van der Waals surface area contributed by atoms with E-state index in [2.05, 4.69) is 15.4 Å². The molecule has 0 fully saturated rings. The Morgan fingerprint density at radius 2 is 2.00 bits per heavy atom. The number of benzene rings is 1. The lowest BCUT2D eigenvalue weighted by Gasteiger charge is -2.08. The highest BCUT2D eigenvalue weighted by molar-refractivity contribution is 5.97.